The zero-order valence-electron chi connectivity index (χ0n) is 12.5. The Morgan fingerprint density at radius 2 is 2.13 bits per heavy atom. The van der Waals surface area contributed by atoms with Crippen molar-refractivity contribution in [3.63, 3.8) is 0 Å². The highest BCUT2D eigenvalue weighted by Crippen LogP contribution is 2.23. The number of hydrogen-bond donors (Lipinski definition) is 1. The Morgan fingerprint density at radius 1 is 1.30 bits per heavy atom. The molecular formula is C16H16ClNO4S. The largest absolute Gasteiger partial charge is 0.496 e. The average molecular weight is 354 g/mol. The molecule has 2 aromatic rings. The third kappa shape index (κ3) is 5.26. The minimum Gasteiger partial charge on any atom is -0.496 e. The lowest BCUT2D eigenvalue weighted by Crippen LogP contribution is -2.26. The zero-order chi connectivity index (χ0) is 16.7. The maximum atomic E-state index is 11.7. The van der Waals surface area contributed by atoms with Crippen LogP contribution in [0.2, 0.25) is 5.02 Å². The summed E-state index contributed by atoms with van der Waals surface area (Å²) < 4.78 is 10.4. The molecule has 0 aliphatic rings. The summed E-state index contributed by atoms with van der Waals surface area (Å²) in [6.07, 6.45) is 0.0960. The molecule has 1 heterocycles. The number of amides is 1. The van der Waals surface area contributed by atoms with Crippen LogP contribution in [0.25, 0.3) is 0 Å². The van der Waals surface area contributed by atoms with Crippen LogP contribution >= 0.6 is 22.9 Å². The number of halogens is 1. The van der Waals surface area contributed by atoms with Gasteiger partial charge in [-0.25, -0.2) is 0 Å². The van der Waals surface area contributed by atoms with Gasteiger partial charge in [0.2, 0.25) is 0 Å². The van der Waals surface area contributed by atoms with E-state index in [-0.39, 0.29) is 25.5 Å². The number of thiophene rings is 1. The summed E-state index contributed by atoms with van der Waals surface area (Å²) in [4.78, 5) is 23.4. The molecule has 2 rings (SSSR count). The highest BCUT2D eigenvalue weighted by Gasteiger charge is 2.10. The van der Waals surface area contributed by atoms with Crippen LogP contribution in [0, 0.1) is 0 Å². The van der Waals surface area contributed by atoms with Crippen LogP contribution in [0.3, 0.4) is 0 Å². The summed E-state index contributed by atoms with van der Waals surface area (Å²) >= 11 is 7.36. The maximum absolute atomic E-state index is 11.7. The first-order chi connectivity index (χ1) is 11.1. The Kier molecular flexibility index (Phi) is 6.43. The molecule has 1 aromatic heterocycles. The minimum absolute atomic E-state index is 0.0705. The molecule has 122 valence electrons. The standard InChI is InChI=1S/C16H16ClNO4S/c1-21-14-3-2-13(17)8-12(14)9-22-15(19)4-6-18-16(20)11-5-7-23-10-11/h2-3,5,7-8,10H,4,6,9H2,1H3,(H,18,20). The van der Waals surface area contributed by atoms with Gasteiger partial charge in [-0.3, -0.25) is 9.59 Å². The van der Waals surface area contributed by atoms with Crippen molar-refractivity contribution in [2.75, 3.05) is 13.7 Å². The van der Waals surface area contributed by atoms with Crippen molar-refractivity contribution in [2.24, 2.45) is 0 Å². The monoisotopic (exact) mass is 353 g/mol. The highest BCUT2D eigenvalue weighted by molar-refractivity contribution is 7.08. The summed E-state index contributed by atoms with van der Waals surface area (Å²) in [6.45, 7) is 0.293. The molecule has 1 aromatic carbocycles. The first kappa shape index (κ1) is 17.3. The molecule has 1 N–H and O–H groups in total. The SMILES string of the molecule is COc1ccc(Cl)cc1COC(=O)CCNC(=O)c1ccsc1. The second-order valence-corrected chi connectivity index (χ2v) is 5.85. The van der Waals surface area contributed by atoms with E-state index in [1.54, 1.807) is 29.6 Å². The Hall–Kier alpha value is -2.05. The molecule has 23 heavy (non-hydrogen) atoms. The van der Waals surface area contributed by atoms with E-state index in [9.17, 15) is 9.59 Å². The van der Waals surface area contributed by atoms with Crippen molar-refractivity contribution >= 4 is 34.8 Å². The number of nitrogens with one attached hydrogen (secondary N) is 1. The van der Waals surface area contributed by atoms with Gasteiger partial charge in [0, 0.05) is 28.1 Å². The van der Waals surface area contributed by atoms with Gasteiger partial charge < -0.3 is 14.8 Å². The Bertz CT molecular complexity index is 673. The van der Waals surface area contributed by atoms with E-state index in [0.717, 1.165) is 0 Å². The minimum atomic E-state index is -0.405. The summed E-state index contributed by atoms with van der Waals surface area (Å²) in [7, 11) is 1.54. The van der Waals surface area contributed by atoms with E-state index >= 15 is 0 Å². The second-order valence-electron chi connectivity index (χ2n) is 4.63. The molecule has 0 fully saturated rings. The van der Waals surface area contributed by atoms with E-state index in [4.69, 9.17) is 21.1 Å². The van der Waals surface area contributed by atoms with Crippen LogP contribution in [0.4, 0.5) is 0 Å². The van der Waals surface area contributed by atoms with Gasteiger partial charge in [-0.1, -0.05) is 11.6 Å². The predicted molar refractivity (Wildman–Crippen MR) is 89.1 cm³/mol. The number of esters is 1. The van der Waals surface area contributed by atoms with E-state index in [1.807, 2.05) is 5.38 Å². The van der Waals surface area contributed by atoms with Gasteiger partial charge in [-0.15, -0.1) is 0 Å². The van der Waals surface area contributed by atoms with Gasteiger partial charge in [0.1, 0.15) is 12.4 Å². The third-order valence-corrected chi connectivity index (χ3v) is 3.95. The van der Waals surface area contributed by atoms with Crippen LogP contribution in [0.1, 0.15) is 22.3 Å². The first-order valence-corrected chi connectivity index (χ1v) is 8.20. The second kappa shape index (κ2) is 8.55. The number of rotatable bonds is 7. The van der Waals surface area contributed by atoms with Crippen LogP contribution in [0.15, 0.2) is 35.0 Å². The van der Waals surface area contributed by atoms with Crippen molar-refractivity contribution < 1.29 is 19.1 Å². The van der Waals surface area contributed by atoms with Gasteiger partial charge in [0.15, 0.2) is 0 Å². The lowest BCUT2D eigenvalue weighted by Gasteiger charge is -2.10. The van der Waals surface area contributed by atoms with Crippen LogP contribution < -0.4 is 10.1 Å². The van der Waals surface area contributed by atoms with E-state index in [1.165, 1.54) is 18.4 Å². The number of carbonyl (C=O) groups is 2. The Balaban J connectivity index is 1.75. The lowest BCUT2D eigenvalue weighted by atomic mass is 10.2. The van der Waals surface area contributed by atoms with Gasteiger partial charge in [-0.2, -0.15) is 11.3 Å². The molecular weight excluding hydrogens is 338 g/mol. The summed E-state index contributed by atoms with van der Waals surface area (Å²) in [5, 5.41) is 6.78. The third-order valence-electron chi connectivity index (χ3n) is 3.03. The smallest absolute Gasteiger partial charge is 0.307 e. The van der Waals surface area contributed by atoms with Crippen molar-refractivity contribution in [3.8, 4) is 5.75 Å². The quantitative estimate of drug-likeness (QED) is 0.776. The summed E-state index contributed by atoms with van der Waals surface area (Å²) in [5.74, 6) is 0.00108. The van der Waals surface area contributed by atoms with Crippen LogP contribution in [0.5, 0.6) is 5.75 Å². The number of benzene rings is 1. The molecule has 0 aliphatic heterocycles. The molecule has 0 unspecified atom stereocenters. The van der Waals surface area contributed by atoms with Crippen molar-refractivity contribution in [1.29, 1.82) is 0 Å². The fourth-order valence-corrected chi connectivity index (χ4v) is 2.69. The normalized spacial score (nSPS) is 10.2. The van der Waals surface area contributed by atoms with E-state index in [2.05, 4.69) is 5.32 Å². The maximum Gasteiger partial charge on any atom is 0.307 e. The number of ether oxygens (including phenoxy) is 2. The molecule has 5 nitrogen and oxygen atoms in total. The first-order valence-electron chi connectivity index (χ1n) is 6.88. The fourth-order valence-electron chi connectivity index (χ4n) is 1.86. The average Bonchev–Trinajstić information content (AvgIpc) is 3.07. The van der Waals surface area contributed by atoms with Gasteiger partial charge in [0.25, 0.3) is 5.91 Å². The molecule has 0 saturated heterocycles. The Labute approximate surface area is 143 Å². The van der Waals surface area contributed by atoms with Crippen molar-refractivity contribution in [2.45, 2.75) is 13.0 Å². The number of carbonyl (C=O) groups excluding carboxylic acids is 2. The zero-order valence-corrected chi connectivity index (χ0v) is 14.1. The molecule has 0 spiro atoms. The van der Waals surface area contributed by atoms with Crippen molar-refractivity contribution in [1.82, 2.24) is 5.32 Å². The molecule has 0 atom stereocenters. The van der Waals surface area contributed by atoms with Gasteiger partial charge >= 0.3 is 5.97 Å². The Morgan fingerprint density at radius 3 is 2.83 bits per heavy atom. The molecule has 0 aliphatic carbocycles. The molecule has 0 radical (unpaired) electrons. The molecule has 0 bridgehead atoms. The predicted octanol–water partition coefficient (Wildman–Crippen LogP) is 3.27. The molecule has 7 heteroatoms. The topological polar surface area (TPSA) is 64.6 Å². The van der Waals surface area contributed by atoms with Crippen LogP contribution in [-0.4, -0.2) is 25.5 Å². The number of methoxy groups -OCH3 is 1. The highest BCUT2D eigenvalue weighted by atomic mass is 35.5. The van der Waals surface area contributed by atoms with Gasteiger partial charge in [0.05, 0.1) is 13.5 Å². The van der Waals surface area contributed by atoms with Crippen LogP contribution in [-0.2, 0) is 16.1 Å². The summed E-state index contributed by atoms with van der Waals surface area (Å²) in [5.41, 5.74) is 1.28. The summed E-state index contributed by atoms with van der Waals surface area (Å²) in [6, 6.07) is 6.83. The molecule has 1 amide bonds. The van der Waals surface area contributed by atoms with Crippen molar-refractivity contribution in [3.05, 3.63) is 51.2 Å². The molecule has 0 saturated carbocycles. The van der Waals surface area contributed by atoms with E-state index in [0.29, 0.717) is 21.9 Å². The fraction of sp³-hybridized carbons (Fsp3) is 0.250. The number of hydrogen-bond acceptors (Lipinski definition) is 5. The van der Waals surface area contributed by atoms with E-state index < -0.39 is 5.97 Å². The van der Waals surface area contributed by atoms with Gasteiger partial charge in [-0.05, 0) is 29.6 Å². The lowest BCUT2D eigenvalue weighted by molar-refractivity contribution is -0.144.